The highest BCUT2D eigenvalue weighted by Crippen LogP contribution is 2.21. The number of nitriles is 1. The van der Waals surface area contributed by atoms with Crippen LogP contribution in [-0.4, -0.2) is 10.5 Å². The standard InChI is InChI=1S/C18H15N3OS/c1-3-13-5-4-6-15-16(13)21(2)18(23-15)20-17(22)14-9-7-12(11-19)8-10-14/h4-10H,3H2,1-2H3. The van der Waals surface area contributed by atoms with Crippen molar-refractivity contribution in [1.82, 2.24) is 4.57 Å². The van der Waals surface area contributed by atoms with E-state index in [0.717, 1.165) is 16.6 Å². The number of rotatable bonds is 2. The average Bonchev–Trinajstić information content (AvgIpc) is 2.91. The Kier molecular flexibility index (Phi) is 4.09. The number of aromatic nitrogens is 1. The number of hydrogen-bond acceptors (Lipinski definition) is 3. The number of carbonyl (C=O) groups is 1. The number of benzene rings is 2. The highest BCUT2D eigenvalue weighted by molar-refractivity contribution is 7.16. The van der Waals surface area contributed by atoms with Crippen molar-refractivity contribution in [3.8, 4) is 6.07 Å². The first kappa shape index (κ1) is 15.2. The summed E-state index contributed by atoms with van der Waals surface area (Å²) in [5, 5.41) is 8.81. The molecule has 3 rings (SSSR count). The number of amides is 1. The van der Waals surface area contributed by atoms with E-state index in [-0.39, 0.29) is 5.91 Å². The molecule has 0 N–H and O–H groups in total. The van der Waals surface area contributed by atoms with Crippen molar-refractivity contribution in [3.05, 3.63) is 64.0 Å². The smallest absolute Gasteiger partial charge is 0.279 e. The molecule has 0 spiro atoms. The quantitative estimate of drug-likeness (QED) is 0.726. The predicted octanol–water partition coefficient (Wildman–Crippen LogP) is 3.41. The number of aryl methyl sites for hydroxylation is 2. The van der Waals surface area contributed by atoms with Crippen LogP contribution in [-0.2, 0) is 13.5 Å². The molecule has 5 heteroatoms. The first-order chi connectivity index (χ1) is 11.1. The van der Waals surface area contributed by atoms with Gasteiger partial charge in [0.1, 0.15) is 0 Å². The second-order valence-electron chi connectivity index (χ2n) is 5.17. The second kappa shape index (κ2) is 6.19. The second-order valence-corrected chi connectivity index (χ2v) is 6.18. The van der Waals surface area contributed by atoms with Crippen LogP contribution < -0.4 is 4.80 Å². The monoisotopic (exact) mass is 321 g/mol. The Morgan fingerprint density at radius 2 is 2.00 bits per heavy atom. The van der Waals surface area contributed by atoms with Crippen LogP contribution in [0.2, 0.25) is 0 Å². The molecule has 114 valence electrons. The molecule has 4 nitrogen and oxygen atoms in total. The van der Waals surface area contributed by atoms with Crippen molar-refractivity contribution >= 4 is 27.5 Å². The van der Waals surface area contributed by atoms with Crippen LogP contribution in [0.4, 0.5) is 0 Å². The fourth-order valence-electron chi connectivity index (χ4n) is 2.52. The van der Waals surface area contributed by atoms with Gasteiger partial charge >= 0.3 is 0 Å². The normalized spacial score (nSPS) is 11.6. The van der Waals surface area contributed by atoms with Crippen LogP contribution in [0.15, 0.2) is 47.5 Å². The number of para-hydroxylation sites is 1. The van der Waals surface area contributed by atoms with Crippen LogP contribution in [0.3, 0.4) is 0 Å². The van der Waals surface area contributed by atoms with E-state index in [1.165, 1.54) is 16.9 Å². The topological polar surface area (TPSA) is 58.1 Å². The van der Waals surface area contributed by atoms with Crippen molar-refractivity contribution in [2.24, 2.45) is 12.0 Å². The zero-order valence-electron chi connectivity index (χ0n) is 12.9. The first-order valence-corrected chi connectivity index (χ1v) is 8.12. The molecular formula is C18H15N3OS. The third kappa shape index (κ3) is 2.81. The summed E-state index contributed by atoms with van der Waals surface area (Å²) < 4.78 is 3.10. The van der Waals surface area contributed by atoms with Crippen LogP contribution in [0.25, 0.3) is 10.2 Å². The number of nitrogens with zero attached hydrogens (tertiary/aromatic N) is 3. The average molecular weight is 321 g/mol. The number of fused-ring (bicyclic) bond motifs is 1. The van der Waals surface area contributed by atoms with Crippen LogP contribution in [0.1, 0.15) is 28.4 Å². The van der Waals surface area contributed by atoms with E-state index in [0.29, 0.717) is 15.9 Å². The SMILES string of the molecule is CCc1cccc2sc(=NC(=O)c3ccc(C#N)cc3)n(C)c12. The van der Waals surface area contributed by atoms with E-state index in [1.54, 1.807) is 24.3 Å². The molecule has 0 saturated carbocycles. The summed E-state index contributed by atoms with van der Waals surface area (Å²) in [5.41, 5.74) is 3.39. The molecule has 2 aromatic carbocycles. The van der Waals surface area contributed by atoms with Gasteiger partial charge in [0.05, 0.1) is 21.8 Å². The Bertz CT molecular complexity index is 988. The Labute approximate surface area is 138 Å². The van der Waals surface area contributed by atoms with Crippen LogP contribution >= 0.6 is 11.3 Å². The highest BCUT2D eigenvalue weighted by atomic mass is 32.1. The minimum atomic E-state index is -0.297. The molecule has 0 unspecified atom stereocenters. The van der Waals surface area contributed by atoms with E-state index < -0.39 is 0 Å². The molecule has 3 aromatic rings. The van der Waals surface area contributed by atoms with Gasteiger partial charge in [-0.05, 0) is 42.3 Å². The van der Waals surface area contributed by atoms with Gasteiger partial charge < -0.3 is 4.57 Å². The summed E-state index contributed by atoms with van der Waals surface area (Å²) in [4.78, 5) is 17.3. The van der Waals surface area contributed by atoms with Gasteiger partial charge in [-0.2, -0.15) is 10.3 Å². The summed E-state index contributed by atoms with van der Waals surface area (Å²) in [5.74, 6) is -0.297. The lowest BCUT2D eigenvalue weighted by Gasteiger charge is -2.01. The van der Waals surface area contributed by atoms with Gasteiger partial charge in [-0.3, -0.25) is 4.79 Å². The molecule has 23 heavy (non-hydrogen) atoms. The third-order valence-corrected chi connectivity index (χ3v) is 4.84. The van der Waals surface area contributed by atoms with Gasteiger partial charge in [-0.15, -0.1) is 0 Å². The van der Waals surface area contributed by atoms with Gasteiger partial charge in [0.25, 0.3) is 5.91 Å². The minimum absolute atomic E-state index is 0.297. The fourth-order valence-corrected chi connectivity index (χ4v) is 3.58. The van der Waals surface area contributed by atoms with Crippen LogP contribution in [0, 0.1) is 11.3 Å². The predicted molar refractivity (Wildman–Crippen MR) is 91.2 cm³/mol. The summed E-state index contributed by atoms with van der Waals surface area (Å²) in [6.07, 6.45) is 0.935. The van der Waals surface area contributed by atoms with E-state index in [4.69, 9.17) is 5.26 Å². The molecule has 0 fully saturated rings. The molecule has 0 aliphatic rings. The Morgan fingerprint density at radius 1 is 1.26 bits per heavy atom. The molecule has 0 aliphatic heterocycles. The lowest BCUT2D eigenvalue weighted by atomic mass is 10.1. The number of thiazole rings is 1. The third-order valence-electron chi connectivity index (χ3n) is 3.75. The van der Waals surface area contributed by atoms with Crippen molar-refractivity contribution in [3.63, 3.8) is 0 Å². The van der Waals surface area contributed by atoms with Gasteiger partial charge in [0.2, 0.25) is 0 Å². The Morgan fingerprint density at radius 3 is 2.65 bits per heavy atom. The maximum Gasteiger partial charge on any atom is 0.279 e. The van der Waals surface area contributed by atoms with Gasteiger partial charge in [-0.25, -0.2) is 0 Å². The van der Waals surface area contributed by atoms with Crippen molar-refractivity contribution in [2.45, 2.75) is 13.3 Å². The number of carbonyl (C=O) groups excluding carboxylic acids is 1. The van der Waals surface area contributed by atoms with Gasteiger partial charge in [-0.1, -0.05) is 30.4 Å². The lowest BCUT2D eigenvalue weighted by molar-refractivity contribution is 0.0998. The van der Waals surface area contributed by atoms with Gasteiger partial charge in [0.15, 0.2) is 4.80 Å². The van der Waals surface area contributed by atoms with E-state index in [2.05, 4.69) is 18.0 Å². The summed E-state index contributed by atoms with van der Waals surface area (Å²) in [6, 6.07) is 14.7. The van der Waals surface area contributed by atoms with Crippen LogP contribution in [0.5, 0.6) is 0 Å². The zero-order chi connectivity index (χ0) is 16.4. The van der Waals surface area contributed by atoms with E-state index in [1.807, 2.05) is 29.8 Å². The highest BCUT2D eigenvalue weighted by Gasteiger charge is 2.09. The van der Waals surface area contributed by atoms with Crippen molar-refractivity contribution < 1.29 is 4.79 Å². The summed E-state index contributed by atoms with van der Waals surface area (Å²) in [7, 11) is 1.93. The molecular weight excluding hydrogens is 306 g/mol. The summed E-state index contributed by atoms with van der Waals surface area (Å²) >= 11 is 1.51. The Hall–Kier alpha value is -2.71. The maximum atomic E-state index is 12.3. The molecule has 1 amide bonds. The summed E-state index contributed by atoms with van der Waals surface area (Å²) in [6.45, 7) is 2.12. The first-order valence-electron chi connectivity index (χ1n) is 7.30. The molecule has 1 aromatic heterocycles. The molecule has 0 bridgehead atoms. The van der Waals surface area contributed by atoms with Gasteiger partial charge in [0, 0.05) is 12.6 Å². The van der Waals surface area contributed by atoms with E-state index in [9.17, 15) is 4.79 Å². The minimum Gasteiger partial charge on any atom is -0.319 e. The molecule has 0 aliphatic carbocycles. The lowest BCUT2D eigenvalue weighted by Crippen LogP contribution is -2.13. The van der Waals surface area contributed by atoms with Crippen molar-refractivity contribution in [1.29, 1.82) is 5.26 Å². The molecule has 0 radical (unpaired) electrons. The fraction of sp³-hybridized carbons (Fsp3) is 0.167. The van der Waals surface area contributed by atoms with E-state index >= 15 is 0 Å². The molecule has 0 atom stereocenters. The largest absolute Gasteiger partial charge is 0.319 e. The maximum absolute atomic E-state index is 12.3. The molecule has 0 saturated heterocycles. The number of hydrogen-bond donors (Lipinski definition) is 0. The zero-order valence-corrected chi connectivity index (χ0v) is 13.7. The Balaban J connectivity index is 2.08. The van der Waals surface area contributed by atoms with Crippen molar-refractivity contribution in [2.75, 3.05) is 0 Å². The molecule has 1 heterocycles.